The maximum Gasteiger partial charge on any atom is 0.433 e. The maximum atomic E-state index is 12.3. The largest absolute Gasteiger partial charge is 0.433 e. The first-order valence-corrected chi connectivity index (χ1v) is 6.05. The van der Waals surface area contributed by atoms with Gasteiger partial charge in [-0.25, -0.2) is 4.98 Å². The molecule has 3 nitrogen and oxygen atoms in total. The molecule has 0 aliphatic carbocycles. The molecule has 0 amide bonds. The van der Waals surface area contributed by atoms with Crippen molar-refractivity contribution in [1.82, 2.24) is 9.97 Å². The lowest BCUT2D eigenvalue weighted by Gasteiger charge is -2.04. The third-order valence-electron chi connectivity index (χ3n) is 2.64. The molecular weight excluding hydrogens is 281 g/mol. The van der Waals surface area contributed by atoms with Gasteiger partial charge in [-0.15, -0.1) is 0 Å². The van der Waals surface area contributed by atoms with E-state index in [9.17, 15) is 18.0 Å². The number of aromatic nitrogens is 2. The normalized spacial score (nSPS) is 11.8. The average Bonchev–Trinajstić information content (AvgIpc) is 2.44. The van der Waals surface area contributed by atoms with Crippen LogP contribution in [-0.2, 0) is 6.18 Å². The Kier molecular flexibility index (Phi) is 4.16. The number of ketones is 1. The molecule has 0 saturated heterocycles. The van der Waals surface area contributed by atoms with E-state index in [1.807, 2.05) is 0 Å². The lowest BCUT2D eigenvalue weighted by Crippen LogP contribution is -2.07. The summed E-state index contributed by atoms with van der Waals surface area (Å²) in [5, 5.41) is 0. The van der Waals surface area contributed by atoms with Crippen LogP contribution in [0.4, 0.5) is 13.2 Å². The second-order valence-electron chi connectivity index (χ2n) is 4.34. The van der Waals surface area contributed by atoms with E-state index in [2.05, 4.69) is 9.97 Å². The van der Waals surface area contributed by atoms with Crippen LogP contribution < -0.4 is 0 Å². The van der Waals surface area contributed by atoms with Crippen molar-refractivity contribution in [3.05, 3.63) is 65.2 Å². The van der Waals surface area contributed by atoms with Gasteiger partial charge in [0.05, 0.1) is 0 Å². The number of alkyl halides is 3. The van der Waals surface area contributed by atoms with Gasteiger partial charge < -0.3 is 0 Å². The fraction of sp³-hybridized carbons (Fsp3) is 0.133. The van der Waals surface area contributed by atoms with E-state index in [1.165, 1.54) is 18.2 Å². The van der Waals surface area contributed by atoms with E-state index in [-0.39, 0.29) is 11.5 Å². The molecule has 0 fully saturated rings. The van der Waals surface area contributed by atoms with Crippen LogP contribution in [0.1, 0.15) is 27.4 Å². The average molecular weight is 292 g/mol. The molecule has 2 aromatic rings. The molecule has 0 atom stereocenters. The third-order valence-corrected chi connectivity index (χ3v) is 2.64. The van der Waals surface area contributed by atoms with Crippen LogP contribution in [-0.4, -0.2) is 15.8 Å². The molecule has 2 aromatic heterocycles. The van der Waals surface area contributed by atoms with Gasteiger partial charge in [-0.05, 0) is 42.8 Å². The van der Waals surface area contributed by atoms with E-state index in [0.29, 0.717) is 11.3 Å². The molecule has 2 heterocycles. The molecule has 0 bridgehead atoms. The minimum Gasteiger partial charge on any atom is -0.288 e. The monoisotopic (exact) mass is 292 g/mol. The minimum absolute atomic E-state index is 0.283. The standard InChI is InChI=1S/C15H11F3N2O/c1-10-3-2-4-12(20-10)13(21)7-5-11-6-8-14(19-9-11)15(16,17)18/h2-9H,1H3. The summed E-state index contributed by atoms with van der Waals surface area (Å²) < 4.78 is 37.0. The lowest BCUT2D eigenvalue weighted by atomic mass is 10.2. The zero-order chi connectivity index (χ0) is 15.5. The Morgan fingerprint density at radius 2 is 1.95 bits per heavy atom. The zero-order valence-corrected chi connectivity index (χ0v) is 11.1. The highest BCUT2D eigenvalue weighted by Gasteiger charge is 2.31. The molecule has 0 radical (unpaired) electrons. The Balaban J connectivity index is 2.12. The summed E-state index contributed by atoms with van der Waals surface area (Å²) in [6.07, 6.45) is -0.745. The number of rotatable bonds is 3. The molecule has 108 valence electrons. The zero-order valence-electron chi connectivity index (χ0n) is 11.1. The van der Waals surface area contributed by atoms with Gasteiger partial charge in [-0.2, -0.15) is 13.2 Å². The number of halogens is 3. The van der Waals surface area contributed by atoms with Crippen molar-refractivity contribution >= 4 is 11.9 Å². The van der Waals surface area contributed by atoms with Gasteiger partial charge in [0.15, 0.2) is 0 Å². The first kappa shape index (κ1) is 14.9. The van der Waals surface area contributed by atoms with Crippen LogP contribution in [0.15, 0.2) is 42.6 Å². The van der Waals surface area contributed by atoms with Crippen LogP contribution >= 0.6 is 0 Å². The van der Waals surface area contributed by atoms with E-state index in [0.717, 1.165) is 12.3 Å². The first-order valence-electron chi connectivity index (χ1n) is 6.05. The molecule has 0 spiro atoms. The van der Waals surface area contributed by atoms with E-state index in [1.54, 1.807) is 25.1 Å². The predicted molar refractivity (Wildman–Crippen MR) is 71.6 cm³/mol. The van der Waals surface area contributed by atoms with Gasteiger partial charge in [-0.1, -0.05) is 12.1 Å². The number of nitrogens with zero attached hydrogens (tertiary/aromatic N) is 2. The van der Waals surface area contributed by atoms with Crippen molar-refractivity contribution in [2.24, 2.45) is 0 Å². The summed E-state index contributed by atoms with van der Waals surface area (Å²) in [5.41, 5.74) is 0.437. The summed E-state index contributed by atoms with van der Waals surface area (Å²) in [4.78, 5) is 19.2. The van der Waals surface area contributed by atoms with E-state index < -0.39 is 11.9 Å². The van der Waals surface area contributed by atoms with Crippen molar-refractivity contribution in [3.8, 4) is 0 Å². The number of hydrogen-bond donors (Lipinski definition) is 0. The number of hydrogen-bond acceptors (Lipinski definition) is 3. The number of carbonyl (C=O) groups excluding carboxylic acids is 1. The molecule has 0 aromatic carbocycles. The number of allylic oxidation sites excluding steroid dienone is 1. The van der Waals surface area contributed by atoms with Gasteiger partial charge in [0.1, 0.15) is 11.4 Å². The van der Waals surface area contributed by atoms with Crippen molar-refractivity contribution in [2.75, 3.05) is 0 Å². The topological polar surface area (TPSA) is 42.9 Å². The molecule has 6 heteroatoms. The van der Waals surface area contributed by atoms with Gasteiger partial charge in [0, 0.05) is 11.9 Å². The number of aryl methyl sites for hydroxylation is 1. The summed E-state index contributed by atoms with van der Waals surface area (Å²) in [7, 11) is 0. The minimum atomic E-state index is -4.47. The predicted octanol–water partition coefficient (Wildman–Crippen LogP) is 3.70. The molecular formula is C15H11F3N2O. The highest BCUT2D eigenvalue weighted by Crippen LogP contribution is 2.27. The Morgan fingerprint density at radius 1 is 1.19 bits per heavy atom. The summed E-state index contributed by atoms with van der Waals surface area (Å²) in [6.45, 7) is 1.76. The Bertz CT molecular complexity index is 676. The fourth-order valence-electron chi connectivity index (χ4n) is 1.61. The second kappa shape index (κ2) is 5.87. The van der Waals surface area contributed by atoms with E-state index >= 15 is 0 Å². The Morgan fingerprint density at radius 3 is 2.52 bits per heavy atom. The van der Waals surface area contributed by atoms with Crippen molar-refractivity contribution in [3.63, 3.8) is 0 Å². The van der Waals surface area contributed by atoms with Gasteiger partial charge >= 0.3 is 6.18 Å². The third kappa shape index (κ3) is 3.98. The fourth-order valence-corrected chi connectivity index (χ4v) is 1.61. The van der Waals surface area contributed by atoms with Crippen molar-refractivity contribution < 1.29 is 18.0 Å². The molecule has 0 N–H and O–H groups in total. The second-order valence-corrected chi connectivity index (χ2v) is 4.34. The van der Waals surface area contributed by atoms with Crippen molar-refractivity contribution in [2.45, 2.75) is 13.1 Å². The molecule has 0 aliphatic rings. The van der Waals surface area contributed by atoms with Crippen LogP contribution in [0.5, 0.6) is 0 Å². The van der Waals surface area contributed by atoms with E-state index in [4.69, 9.17) is 0 Å². The summed E-state index contributed by atoms with van der Waals surface area (Å²) >= 11 is 0. The highest BCUT2D eigenvalue weighted by atomic mass is 19.4. The highest BCUT2D eigenvalue weighted by molar-refractivity contribution is 6.05. The first-order chi connectivity index (χ1) is 9.86. The Labute approximate surface area is 119 Å². The van der Waals surface area contributed by atoms with Crippen LogP contribution in [0.2, 0.25) is 0 Å². The number of carbonyl (C=O) groups is 1. The van der Waals surface area contributed by atoms with Crippen LogP contribution in [0.25, 0.3) is 6.08 Å². The van der Waals surface area contributed by atoms with Crippen LogP contribution in [0.3, 0.4) is 0 Å². The lowest BCUT2D eigenvalue weighted by molar-refractivity contribution is -0.141. The van der Waals surface area contributed by atoms with Gasteiger partial charge in [0.2, 0.25) is 5.78 Å². The smallest absolute Gasteiger partial charge is 0.288 e. The van der Waals surface area contributed by atoms with Gasteiger partial charge in [-0.3, -0.25) is 9.78 Å². The SMILES string of the molecule is Cc1cccc(C(=O)C=Cc2ccc(C(F)(F)F)nc2)n1. The van der Waals surface area contributed by atoms with Gasteiger partial charge in [0.25, 0.3) is 0 Å². The molecule has 0 unspecified atom stereocenters. The maximum absolute atomic E-state index is 12.3. The summed E-state index contributed by atoms with van der Waals surface area (Å²) in [6, 6.07) is 7.17. The molecule has 2 rings (SSSR count). The quantitative estimate of drug-likeness (QED) is 0.640. The number of pyridine rings is 2. The molecule has 0 saturated carbocycles. The van der Waals surface area contributed by atoms with Crippen LogP contribution in [0, 0.1) is 6.92 Å². The Hall–Kier alpha value is -2.50. The van der Waals surface area contributed by atoms with Crippen molar-refractivity contribution in [1.29, 1.82) is 0 Å². The molecule has 0 aliphatic heterocycles. The molecule has 21 heavy (non-hydrogen) atoms. The summed E-state index contributed by atoms with van der Waals surface area (Å²) in [5.74, 6) is -0.321.